The zero-order valence-electron chi connectivity index (χ0n) is 21.9. The van der Waals surface area contributed by atoms with E-state index in [1.165, 1.54) is 11.8 Å². The van der Waals surface area contributed by atoms with Gasteiger partial charge in [-0.05, 0) is 29.9 Å². The minimum absolute atomic E-state index is 0.0999. The molecule has 0 bridgehead atoms. The van der Waals surface area contributed by atoms with Crippen LogP contribution in [0.25, 0.3) is 0 Å². The number of thioether (sulfide) groups is 1. The van der Waals surface area contributed by atoms with Crippen LogP contribution in [-0.4, -0.2) is 89.1 Å². The van der Waals surface area contributed by atoms with Crippen molar-refractivity contribution in [3.63, 3.8) is 0 Å². The number of amides is 4. The van der Waals surface area contributed by atoms with Gasteiger partial charge in [0.25, 0.3) is 0 Å². The Morgan fingerprint density at radius 1 is 0.947 bits per heavy atom. The summed E-state index contributed by atoms with van der Waals surface area (Å²) in [4.78, 5) is 61.8. The van der Waals surface area contributed by atoms with Crippen molar-refractivity contribution < 1.29 is 34.2 Å². The zero-order chi connectivity index (χ0) is 28.7. The molecule has 0 unspecified atom stereocenters. The summed E-state index contributed by atoms with van der Waals surface area (Å²) < 4.78 is 0. The monoisotopic (exact) mass is 553 g/mol. The topological polar surface area (TPSA) is 200 Å². The molecule has 0 aliphatic heterocycles. The molecule has 0 aliphatic carbocycles. The third-order valence-corrected chi connectivity index (χ3v) is 6.60. The first kappa shape index (κ1) is 32.9. The number of nitrogens with one attached hydrogen (secondary N) is 4. The normalized spacial score (nSPS) is 14.8. The number of hydrogen-bond acceptors (Lipinski definition) is 8. The molecule has 0 radical (unpaired) electrons. The molecule has 5 atom stereocenters. The number of nitrogens with two attached hydrogens (primary N) is 1. The van der Waals surface area contributed by atoms with Crippen LogP contribution >= 0.6 is 11.8 Å². The van der Waals surface area contributed by atoms with Crippen LogP contribution in [-0.2, 0) is 30.4 Å². The van der Waals surface area contributed by atoms with E-state index >= 15 is 0 Å². The predicted octanol–water partition coefficient (Wildman–Crippen LogP) is -0.997. The summed E-state index contributed by atoms with van der Waals surface area (Å²) >= 11 is 1.42. The van der Waals surface area contributed by atoms with Crippen LogP contribution in [0.4, 0.5) is 0 Å². The molecule has 1 aromatic carbocycles. The molecule has 0 saturated carbocycles. The summed E-state index contributed by atoms with van der Waals surface area (Å²) in [5, 5.41) is 28.0. The molecule has 13 heteroatoms. The third-order valence-electron chi connectivity index (χ3n) is 5.96. The highest BCUT2D eigenvalue weighted by molar-refractivity contribution is 7.98. The predicted molar refractivity (Wildman–Crippen MR) is 144 cm³/mol. The quantitative estimate of drug-likeness (QED) is 0.126. The van der Waals surface area contributed by atoms with Gasteiger partial charge in [0, 0.05) is 6.42 Å². The van der Waals surface area contributed by atoms with Crippen LogP contribution in [0.3, 0.4) is 0 Å². The fourth-order valence-electron chi connectivity index (χ4n) is 3.34. The highest BCUT2D eigenvalue weighted by atomic mass is 32.2. The highest BCUT2D eigenvalue weighted by Crippen LogP contribution is 2.08. The lowest BCUT2D eigenvalue weighted by atomic mass is 9.98. The number of carbonyl (C=O) groups is 5. The van der Waals surface area contributed by atoms with E-state index in [0.717, 1.165) is 5.56 Å². The lowest BCUT2D eigenvalue weighted by molar-refractivity contribution is -0.143. The molecule has 8 N–H and O–H groups in total. The van der Waals surface area contributed by atoms with Gasteiger partial charge in [0.05, 0.1) is 19.2 Å². The first-order valence-corrected chi connectivity index (χ1v) is 13.7. The van der Waals surface area contributed by atoms with Gasteiger partial charge in [0.2, 0.25) is 23.6 Å². The van der Waals surface area contributed by atoms with E-state index in [1.54, 1.807) is 30.5 Å². The van der Waals surface area contributed by atoms with E-state index in [0.29, 0.717) is 12.2 Å². The number of carboxylic acids is 1. The summed E-state index contributed by atoms with van der Waals surface area (Å²) in [6.45, 7) is 2.45. The average Bonchev–Trinajstić information content (AvgIpc) is 2.91. The molecule has 0 saturated heterocycles. The molecule has 38 heavy (non-hydrogen) atoms. The molecule has 0 heterocycles. The van der Waals surface area contributed by atoms with Crippen LogP contribution < -0.4 is 27.0 Å². The number of aliphatic hydroxyl groups excluding tert-OH is 1. The van der Waals surface area contributed by atoms with Gasteiger partial charge < -0.3 is 37.2 Å². The summed E-state index contributed by atoms with van der Waals surface area (Å²) in [5.74, 6) is -3.57. The maximum atomic E-state index is 13.0. The van der Waals surface area contributed by atoms with Crippen molar-refractivity contribution in [2.75, 3.05) is 25.2 Å². The fourth-order valence-corrected chi connectivity index (χ4v) is 3.81. The van der Waals surface area contributed by atoms with E-state index in [9.17, 15) is 24.0 Å². The Hall–Kier alpha value is -3.16. The van der Waals surface area contributed by atoms with Crippen molar-refractivity contribution in [3.05, 3.63) is 35.9 Å². The minimum atomic E-state index is -1.51. The lowest BCUT2D eigenvalue weighted by Gasteiger charge is -2.23. The summed E-state index contributed by atoms with van der Waals surface area (Å²) in [5.41, 5.74) is 6.81. The smallest absolute Gasteiger partial charge is 0.328 e. The van der Waals surface area contributed by atoms with E-state index in [-0.39, 0.29) is 18.8 Å². The largest absolute Gasteiger partial charge is 0.480 e. The van der Waals surface area contributed by atoms with Crippen LogP contribution in [0, 0.1) is 5.92 Å². The molecule has 0 aromatic heterocycles. The minimum Gasteiger partial charge on any atom is -0.480 e. The van der Waals surface area contributed by atoms with Crippen LogP contribution in [0.5, 0.6) is 0 Å². The number of hydrogen-bond donors (Lipinski definition) is 7. The van der Waals surface area contributed by atoms with Crippen LogP contribution in [0.1, 0.15) is 32.3 Å². The first-order chi connectivity index (χ1) is 18.0. The standard InChI is InChI=1S/C25H39N5O7S/c1-4-15(2)21(26)24(35)29-18(12-16-8-6-5-7-9-16)22(33)27-13-20(32)28-17(10-11-38-3)23(34)30-19(14-31)25(36)37/h5-9,15,17-19,21,31H,4,10-14,26H2,1-3H3,(H,27,33)(H,28,32)(H,29,35)(H,30,34)(H,36,37)/t15-,17-,18-,19-,21-/m0/s1. The van der Waals surface area contributed by atoms with E-state index in [4.69, 9.17) is 15.9 Å². The fraction of sp³-hybridized carbons (Fsp3) is 0.560. The van der Waals surface area contributed by atoms with Crippen molar-refractivity contribution in [1.82, 2.24) is 21.3 Å². The molecule has 1 aromatic rings. The Balaban J connectivity index is 2.87. The summed E-state index contributed by atoms with van der Waals surface area (Å²) in [6, 6.07) is 4.64. The second-order valence-corrected chi connectivity index (χ2v) is 9.85. The molecular weight excluding hydrogens is 514 g/mol. The van der Waals surface area contributed by atoms with Crippen LogP contribution in [0.15, 0.2) is 30.3 Å². The Labute approximate surface area is 226 Å². The van der Waals surface area contributed by atoms with E-state index < -0.39 is 66.9 Å². The summed E-state index contributed by atoms with van der Waals surface area (Å²) in [6.07, 6.45) is 2.86. The van der Waals surface area contributed by atoms with Gasteiger partial charge in [0.1, 0.15) is 18.1 Å². The SMILES string of the molecule is CC[C@H](C)[C@H](N)C(=O)N[C@@H](Cc1ccccc1)C(=O)NCC(=O)N[C@@H](CCSC)C(=O)N[C@@H](CO)C(=O)O. The van der Waals surface area contributed by atoms with Crippen molar-refractivity contribution in [3.8, 4) is 0 Å². The van der Waals surface area contributed by atoms with Crippen LogP contribution in [0.2, 0.25) is 0 Å². The van der Waals surface area contributed by atoms with E-state index in [1.807, 2.05) is 19.9 Å². The van der Waals surface area contributed by atoms with Gasteiger partial charge >= 0.3 is 5.97 Å². The number of rotatable bonds is 17. The second-order valence-electron chi connectivity index (χ2n) is 8.86. The number of aliphatic hydroxyl groups is 1. The Morgan fingerprint density at radius 2 is 1.58 bits per heavy atom. The zero-order valence-corrected chi connectivity index (χ0v) is 22.8. The Kier molecular flexibility index (Phi) is 15.0. The third kappa shape index (κ3) is 11.5. The van der Waals surface area contributed by atoms with Gasteiger partial charge in [-0.3, -0.25) is 19.2 Å². The molecule has 0 aliphatic rings. The van der Waals surface area contributed by atoms with Gasteiger partial charge in [-0.15, -0.1) is 0 Å². The van der Waals surface area contributed by atoms with Gasteiger partial charge in [-0.25, -0.2) is 4.79 Å². The van der Waals surface area contributed by atoms with Gasteiger partial charge in [-0.2, -0.15) is 11.8 Å². The van der Waals surface area contributed by atoms with Crippen molar-refractivity contribution in [2.45, 2.75) is 57.3 Å². The maximum absolute atomic E-state index is 13.0. The van der Waals surface area contributed by atoms with E-state index in [2.05, 4.69) is 21.3 Å². The van der Waals surface area contributed by atoms with Gasteiger partial charge in [-0.1, -0.05) is 50.6 Å². The molecule has 1 rings (SSSR count). The number of carboxylic acid groups (broad SMARTS) is 1. The number of carbonyl (C=O) groups excluding carboxylic acids is 4. The number of benzene rings is 1. The first-order valence-electron chi connectivity index (χ1n) is 12.3. The van der Waals surface area contributed by atoms with Crippen molar-refractivity contribution in [1.29, 1.82) is 0 Å². The lowest BCUT2D eigenvalue weighted by Crippen LogP contribution is -2.56. The Morgan fingerprint density at radius 3 is 2.13 bits per heavy atom. The molecule has 0 spiro atoms. The molecule has 4 amide bonds. The average molecular weight is 554 g/mol. The molecule has 212 valence electrons. The van der Waals surface area contributed by atoms with Crippen molar-refractivity contribution >= 4 is 41.4 Å². The summed E-state index contributed by atoms with van der Waals surface area (Å²) in [7, 11) is 0. The maximum Gasteiger partial charge on any atom is 0.328 e. The molecule has 12 nitrogen and oxygen atoms in total. The molecular formula is C25H39N5O7S. The second kappa shape index (κ2) is 17.4. The van der Waals surface area contributed by atoms with Crippen molar-refractivity contribution in [2.24, 2.45) is 11.7 Å². The molecule has 0 fully saturated rings. The number of aliphatic carboxylic acids is 1. The van der Waals surface area contributed by atoms with Gasteiger partial charge in [0.15, 0.2) is 0 Å². The highest BCUT2D eigenvalue weighted by Gasteiger charge is 2.28. The Bertz CT molecular complexity index is 934.